The van der Waals surface area contributed by atoms with Crippen LogP contribution in [0.5, 0.6) is 0 Å². The normalized spacial score (nSPS) is 20.4. The van der Waals surface area contributed by atoms with Crippen molar-refractivity contribution in [3.63, 3.8) is 0 Å². The molecule has 1 aromatic heterocycles. The Kier molecular flexibility index (Phi) is 3.05. The zero-order valence-corrected chi connectivity index (χ0v) is 9.45. The van der Waals surface area contributed by atoms with Crippen molar-refractivity contribution in [3.8, 4) is 0 Å². The maximum absolute atomic E-state index is 5.94. The van der Waals surface area contributed by atoms with E-state index in [1.54, 1.807) is 0 Å². The fraction of sp³-hybridized carbons (Fsp3) is 0.818. The number of aromatic nitrogens is 3. The van der Waals surface area contributed by atoms with Gasteiger partial charge in [-0.2, -0.15) is 0 Å². The first-order valence-electron chi connectivity index (χ1n) is 5.91. The Balaban J connectivity index is 2.24. The Labute approximate surface area is 90.8 Å². The summed E-state index contributed by atoms with van der Waals surface area (Å²) in [6.07, 6.45) is 8.30. The van der Waals surface area contributed by atoms with Crippen molar-refractivity contribution in [2.45, 2.75) is 51.0 Å². The zero-order chi connectivity index (χ0) is 10.7. The van der Waals surface area contributed by atoms with E-state index in [0.717, 1.165) is 12.2 Å². The van der Waals surface area contributed by atoms with E-state index in [0.29, 0.717) is 6.54 Å². The molecule has 4 heteroatoms. The highest BCUT2D eigenvalue weighted by Crippen LogP contribution is 2.37. The smallest absolute Gasteiger partial charge is 0.0901 e. The highest BCUT2D eigenvalue weighted by atomic mass is 15.4. The lowest BCUT2D eigenvalue weighted by atomic mass is 9.72. The van der Waals surface area contributed by atoms with Gasteiger partial charge in [0.05, 0.1) is 5.69 Å². The van der Waals surface area contributed by atoms with Crippen molar-refractivity contribution in [3.05, 3.63) is 11.9 Å². The van der Waals surface area contributed by atoms with Gasteiger partial charge >= 0.3 is 0 Å². The van der Waals surface area contributed by atoms with E-state index in [9.17, 15) is 0 Å². The van der Waals surface area contributed by atoms with Crippen LogP contribution in [0.3, 0.4) is 0 Å². The van der Waals surface area contributed by atoms with Crippen LogP contribution in [-0.2, 0) is 12.0 Å². The van der Waals surface area contributed by atoms with Crippen molar-refractivity contribution in [2.75, 3.05) is 6.54 Å². The molecule has 0 aliphatic heterocycles. The topological polar surface area (TPSA) is 56.7 Å². The van der Waals surface area contributed by atoms with Gasteiger partial charge < -0.3 is 5.73 Å². The number of aryl methyl sites for hydroxylation is 1. The molecule has 0 amide bonds. The second-order valence-corrected chi connectivity index (χ2v) is 4.50. The van der Waals surface area contributed by atoms with E-state index >= 15 is 0 Å². The van der Waals surface area contributed by atoms with E-state index in [2.05, 4.69) is 23.4 Å². The number of nitrogens with zero attached hydrogens (tertiary/aromatic N) is 3. The lowest BCUT2D eigenvalue weighted by Crippen LogP contribution is -2.37. The molecule has 0 aromatic carbocycles. The Morgan fingerprint density at radius 2 is 2.13 bits per heavy atom. The van der Waals surface area contributed by atoms with E-state index < -0.39 is 0 Å². The molecule has 1 heterocycles. The van der Waals surface area contributed by atoms with Gasteiger partial charge in [0.1, 0.15) is 0 Å². The van der Waals surface area contributed by atoms with Crippen molar-refractivity contribution in [1.29, 1.82) is 0 Å². The first kappa shape index (κ1) is 10.6. The van der Waals surface area contributed by atoms with Gasteiger partial charge in [0.25, 0.3) is 0 Å². The minimum atomic E-state index is 0.117. The van der Waals surface area contributed by atoms with Crippen LogP contribution in [0.25, 0.3) is 0 Å². The molecule has 4 nitrogen and oxygen atoms in total. The molecule has 0 unspecified atom stereocenters. The maximum Gasteiger partial charge on any atom is 0.0901 e. The Hall–Kier alpha value is -0.900. The predicted molar refractivity (Wildman–Crippen MR) is 59.5 cm³/mol. The third kappa shape index (κ3) is 1.91. The molecular formula is C11H20N4. The second-order valence-electron chi connectivity index (χ2n) is 4.50. The largest absolute Gasteiger partial charge is 0.330 e. The first-order valence-corrected chi connectivity index (χ1v) is 5.91. The summed E-state index contributed by atoms with van der Waals surface area (Å²) in [5.41, 5.74) is 7.16. The lowest BCUT2D eigenvalue weighted by molar-refractivity contribution is 0.293. The number of rotatable bonds is 3. The summed E-state index contributed by atoms with van der Waals surface area (Å²) in [5, 5.41) is 8.40. The Morgan fingerprint density at radius 3 is 2.67 bits per heavy atom. The third-order valence-corrected chi connectivity index (χ3v) is 3.61. The number of hydrogen-bond donors (Lipinski definition) is 1. The predicted octanol–water partition coefficient (Wildman–Crippen LogP) is 1.46. The van der Waals surface area contributed by atoms with E-state index in [1.165, 1.54) is 32.1 Å². The van der Waals surface area contributed by atoms with Gasteiger partial charge in [-0.05, 0) is 19.8 Å². The molecule has 1 aliphatic carbocycles. The van der Waals surface area contributed by atoms with Gasteiger partial charge in [-0.3, -0.25) is 4.68 Å². The van der Waals surface area contributed by atoms with Crippen LogP contribution < -0.4 is 5.73 Å². The molecule has 2 N–H and O–H groups in total. The van der Waals surface area contributed by atoms with Gasteiger partial charge in [-0.1, -0.05) is 24.5 Å². The summed E-state index contributed by atoms with van der Waals surface area (Å²) in [5.74, 6) is 0. The molecule has 15 heavy (non-hydrogen) atoms. The highest BCUT2D eigenvalue weighted by molar-refractivity contribution is 5.14. The molecule has 1 fully saturated rings. The van der Waals surface area contributed by atoms with Crippen molar-refractivity contribution >= 4 is 0 Å². The van der Waals surface area contributed by atoms with Gasteiger partial charge in [-0.25, -0.2) is 0 Å². The molecule has 2 rings (SSSR count). The van der Waals surface area contributed by atoms with Crippen LogP contribution in [0, 0.1) is 0 Å². The fourth-order valence-electron chi connectivity index (χ4n) is 2.49. The van der Waals surface area contributed by atoms with Gasteiger partial charge in [0.2, 0.25) is 0 Å². The molecule has 84 valence electrons. The van der Waals surface area contributed by atoms with Crippen LogP contribution in [0.15, 0.2) is 6.20 Å². The van der Waals surface area contributed by atoms with E-state index in [4.69, 9.17) is 5.73 Å². The monoisotopic (exact) mass is 208 g/mol. The van der Waals surface area contributed by atoms with E-state index in [-0.39, 0.29) is 5.41 Å². The molecule has 1 aliphatic rings. The minimum Gasteiger partial charge on any atom is -0.330 e. The minimum absolute atomic E-state index is 0.117. The Morgan fingerprint density at radius 1 is 1.40 bits per heavy atom. The van der Waals surface area contributed by atoms with Crippen LogP contribution in [0.1, 0.15) is 44.7 Å². The molecule has 0 spiro atoms. The third-order valence-electron chi connectivity index (χ3n) is 3.61. The molecular weight excluding hydrogens is 188 g/mol. The maximum atomic E-state index is 5.94. The highest BCUT2D eigenvalue weighted by Gasteiger charge is 2.35. The average Bonchev–Trinajstić information content (AvgIpc) is 2.79. The number of hydrogen-bond acceptors (Lipinski definition) is 3. The molecule has 0 radical (unpaired) electrons. The molecule has 0 bridgehead atoms. The standard InChI is InChI=1S/C11H20N4/c1-2-15-8-10(13-14-15)11(9-12)6-4-3-5-7-11/h8H,2-7,9,12H2,1H3. The average molecular weight is 208 g/mol. The summed E-state index contributed by atoms with van der Waals surface area (Å²) < 4.78 is 1.89. The van der Waals surface area contributed by atoms with Gasteiger partial charge in [0, 0.05) is 24.7 Å². The summed E-state index contributed by atoms with van der Waals surface area (Å²) in [6, 6.07) is 0. The first-order chi connectivity index (χ1) is 7.30. The molecule has 0 atom stereocenters. The molecule has 1 saturated carbocycles. The number of nitrogens with two attached hydrogens (primary N) is 1. The molecule has 0 saturated heterocycles. The van der Waals surface area contributed by atoms with Crippen LogP contribution in [0.4, 0.5) is 0 Å². The van der Waals surface area contributed by atoms with Crippen molar-refractivity contribution in [1.82, 2.24) is 15.0 Å². The lowest BCUT2D eigenvalue weighted by Gasteiger charge is -2.34. The Bertz CT molecular complexity index is 312. The molecule has 1 aromatic rings. The van der Waals surface area contributed by atoms with E-state index in [1.807, 2.05) is 4.68 Å². The van der Waals surface area contributed by atoms with Crippen LogP contribution in [-0.4, -0.2) is 21.5 Å². The second kappa shape index (κ2) is 4.31. The zero-order valence-electron chi connectivity index (χ0n) is 9.45. The van der Waals surface area contributed by atoms with Crippen molar-refractivity contribution in [2.24, 2.45) is 5.73 Å². The summed E-state index contributed by atoms with van der Waals surface area (Å²) in [7, 11) is 0. The summed E-state index contributed by atoms with van der Waals surface area (Å²) >= 11 is 0. The van der Waals surface area contributed by atoms with Gasteiger partial charge in [-0.15, -0.1) is 5.10 Å². The van der Waals surface area contributed by atoms with Gasteiger partial charge in [0.15, 0.2) is 0 Å². The van der Waals surface area contributed by atoms with Crippen molar-refractivity contribution < 1.29 is 0 Å². The van der Waals surface area contributed by atoms with Crippen LogP contribution >= 0.6 is 0 Å². The SMILES string of the molecule is CCn1cc(C2(CN)CCCCC2)nn1. The fourth-order valence-corrected chi connectivity index (χ4v) is 2.49. The summed E-state index contributed by atoms with van der Waals surface area (Å²) in [6.45, 7) is 3.66. The van der Waals surface area contributed by atoms with Crippen LogP contribution in [0.2, 0.25) is 0 Å². The summed E-state index contributed by atoms with van der Waals surface area (Å²) in [4.78, 5) is 0. The quantitative estimate of drug-likeness (QED) is 0.818.